The van der Waals surface area contributed by atoms with Crippen LogP contribution in [-0.2, 0) is 18.0 Å². The van der Waals surface area contributed by atoms with Gasteiger partial charge in [0.25, 0.3) is 0 Å². The minimum Gasteiger partial charge on any atom is -0.327 e. The number of rotatable bonds is 8. The molecule has 9 nitrogen and oxygen atoms in total. The summed E-state index contributed by atoms with van der Waals surface area (Å²) >= 11 is 1.57. The summed E-state index contributed by atoms with van der Waals surface area (Å²) < 4.78 is 39.0. The number of hydrogen-bond acceptors (Lipinski definition) is 7. The maximum Gasteiger partial charge on any atom is 0.405 e. The Morgan fingerprint density at radius 3 is 2.86 bits per heavy atom. The number of nitrogens with two attached hydrogens (primary N) is 1. The van der Waals surface area contributed by atoms with Gasteiger partial charge in [-0.05, 0) is 36.8 Å². The number of hydroxylamine groups is 1. The number of carbonyl (C=O) groups is 1. The Morgan fingerprint density at radius 1 is 1.29 bits per heavy atom. The second-order valence-corrected chi connectivity index (χ2v) is 8.63. The molecule has 0 unspecified atom stereocenters. The molecule has 184 valence electrons. The van der Waals surface area contributed by atoms with Gasteiger partial charge in [0.15, 0.2) is 0 Å². The Kier molecular flexibility index (Phi) is 7.31. The van der Waals surface area contributed by atoms with Crippen molar-refractivity contribution < 1.29 is 22.8 Å². The molecular weight excluding hydrogens is 483 g/mol. The van der Waals surface area contributed by atoms with Crippen LogP contribution in [0.1, 0.15) is 16.3 Å². The molecule has 2 amide bonds. The Hall–Kier alpha value is -3.52. The summed E-state index contributed by atoms with van der Waals surface area (Å²) in [6.07, 6.45) is -1.02. The minimum absolute atomic E-state index is 0.227. The molecule has 0 aliphatic rings. The third kappa shape index (κ3) is 6.33. The number of hydrazine groups is 1. The van der Waals surface area contributed by atoms with Crippen LogP contribution in [0.5, 0.6) is 0 Å². The summed E-state index contributed by atoms with van der Waals surface area (Å²) in [4.78, 5) is 26.2. The van der Waals surface area contributed by atoms with E-state index in [1.807, 2.05) is 35.0 Å². The van der Waals surface area contributed by atoms with E-state index in [4.69, 9.17) is 10.7 Å². The molecule has 4 aromatic rings. The number of alkyl halides is 3. The van der Waals surface area contributed by atoms with E-state index in [2.05, 4.69) is 15.4 Å². The number of aryl methyl sites for hydroxylation is 1. The van der Waals surface area contributed by atoms with Crippen molar-refractivity contribution in [3.05, 3.63) is 70.4 Å². The van der Waals surface area contributed by atoms with Crippen LogP contribution >= 0.6 is 11.3 Å². The van der Waals surface area contributed by atoms with E-state index in [1.165, 1.54) is 6.07 Å². The Bertz CT molecular complexity index is 1320. The van der Waals surface area contributed by atoms with Gasteiger partial charge in [-0.2, -0.15) is 18.7 Å². The zero-order valence-electron chi connectivity index (χ0n) is 18.5. The maximum absolute atomic E-state index is 12.4. The van der Waals surface area contributed by atoms with Gasteiger partial charge < -0.3 is 5.32 Å². The highest BCUT2D eigenvalue weighted by Crippen LogP contribution is 2.25. The van der Waals surface area contributed by atoms with Crippen molar-refractivity contribution in [3.8, 4) is 11.3 Å². The number of urea groups is 1. The Morgan fingerprint density at radius 2 is 2.11 bits per heavy atom. The van der Waals surface area contributed by atoms with Gasteiger partial charge >= 0.3 is 12.2 Å². The summed E-state index contributed by atoms with van der Waals surface area (Å²) in [7, 11) is 0. The molecule has 0 atom stereocenters. The standard InChI is InChI=1S/C22H22F3N7O2S/c1-14-30-17(12-35-14)11-34-29-9-15-5-6-31-19(10-27-20(31)7-15)16-3-2-4-18(8-16)32(26)21(33)28-13-22(23,24)25/h2-8,10,12,29H,9,11,13,26H2,1H3,(H,28,33). The molecule has 35 heavy (non-hydrogen) atoms. The van der Waals surface area contributed by atoms with Crippen LogP contribution in [0.2, 0.25) is 0 Å². The number of halogens is 3. The van der Waals surface area contributed by atoms with Crippen LogP contribution in [0.4, 0.5) is 23.7 Å². The molecule has 0 radical (unpaired) electrons. The molecule has 0 aliphatic carbocycles. The third-order valence-electron chi connectivity index (χ3n) is 4.92. The van der Waals surface area contributed by atoms with Crippen LogP contribution in [0.25, 0.3) is 16.9 Å². The molecular formula is C22H22F3N7O2S. The second kappa shape index (κ2) is 10.4. The predicted molar refractivity (Wildman–Crippen MR) is 125 cm³/mol. The highest BCUT2D eigenvalue weighted by molar-refractivity contribution is 7.09. The smallest absolute Gasteiger partial charge is 0.327 e. The zero-order valence-corrected chi connectivity index (χ0v) is 19.4. The van der Waals surface area contributed by atoms with Gasteiger partial charge in [0.05, 0.1) is 28.3 Å². The van der Waals surface area contributed by atoms with E-state index in [1.54, 1.807) is 41.0 Å². The lowest BCUT2D eigenvalue weighted by Crippen LogP contribution is -2.47. The number of aromatic nitrogens is 3. The first-order chi connectivity index (χ1) is 16.7. The molecule has 13 heteroatoms. The van der Waals surface area contributed by atoms with E-state index >= 15 is 0 Å². The summed E-state index contributed by atoms with van der Waals surface area (Å²) in [6, 6.07) is 9.30. The lowest BCUT2D eigenvalue weighted by atomic mass is 10.1. The van der Waals surface area contributed by atoms with Crippen molar-refractivity contribution in [2.24, 2.45) is 5.84 Å². The number of thiazole rings is 1. The van der Waals surface area contributed by atoms with Crippen molar-refractivity contribution in [2.45, 2.75) is 26.3 Å². The fourth-order valence-corrected chi connectivity index (χ4v) is 3.87. The van der Waals surface area contributed by atoms with Crippen LogP contribution in [0, 0.1) is 6.92 Å². The molecule has 0 aliphatic heterocycles. The molecule has 0 spiro atoms. The van der Waals surface area contributed by atoms with Crippen LogP contribution in [0.15, 0.2) is 54.2 Å². The topological polar surface area (TPSA) is 110 Å². The van der Waals surface area contributed by atoms with Crippen molar-refractivity contribution in [2.75, 3.05) is 11.6 Å². The summed E-state index contributed by atoms with van der Waals surface area (Å²) in [6.45, 7) is 1.29. The summed E-state index contributed by atoms with van der Waals surface area (Å²) in [5.41, 5.74) is 7.05. The zero-order chi connectivity index (χ0) is 25.0. The number of carbonyl (C=O) groups excluding carboxylic acids is 1. The van der Waals surface area contributed by atoms with Gasteiger partial charge in [0.2, 0.25) is 0 Å². The maximum atomic E-state index is 12.4. The van der Waals surface area contributed by atoms with Crippen LogP contribution in [0.3, 0.4) is 0 Å². The van der Waals surface area contributed by atoms with Crippen LogP contribution in [-0.4, -0.2) is 33.1 Å². The largest absolute Gasteiger partial charge is 0.405 e. The fraction of sp³-hybridized carbons (Fsp3) is 0.227. The molecule has 4 N–H and O–H groups in total. The number of nitrogens with one attached hydrogen (secondary N) is 2. The van der Waals surface area contributed by atoms with E-state index in [9.17, 15) is 18.0 Å². The van der Waals surface area contributed by atoms with Crippen molar-refractivity contribution in [1.29, 1.82) is 0 Å². The number of anilines is 1. The first-order valence-corrected chi connectivity index (χ1v) is 11.3. The average Bonchev–Trinajstić information content (AvgIpc) is 3.45. The van der Waals surface area contributed by atoms with Gasteiger partial charge in [0.1, 0.15) is 18.8 Å². The fourth-order valence-electron chi connectivity index (χ4n) is 3.27. The number of hydrogen-bond donors (Lipinski definition) is 3. The van der Waals surface area contributed by atoms with E-state index in [0.717, 1.165) is 22.0 Å². The van der Waals surface area contributed by atoms with Crippen molar-refractivity contribution in [1.82, 2.24) is 25.2 Å². The summed E-state index contributed by atoms with van der Waals surface area (Å²) in [5.74, 6) is 5.73. The average molecular weight is 506 g/mol. The van der Waals surface area contributed by atoms with Gasteiger partial charge in [-0.3, -0.25) is 9.24 Å². The van der Waals surface area contributed by atoms with Gasteiger partial charge in [0, 0.05) is 23.7 Å². The SMILES string of the molecule is Cc1nc(CONCc2ccn3c(-c4cccc(N(N)C(=O)NCC(F)(F)F)c4)cnc3c2)cs1. The molecule has 3 aromatic heterocycles. The quantitative estimate of drug-likeness (QED) is 0.145. The molecule has 0 saturated heterocycles. The highest BCUT2D eigenvalue weighted by atomic mass is 32.1. The minimum atomic E-state index is -4.53. The number of fused-ring (bicyclic) bond motifs is 1. The first-order valence-electron chi connectivity index (χ1n) is 10.4. The molecule has 0 saturated carbocycles. The second-order valence-electron chi connectivity index (χ2n) is 7.57. The number of nitrogens with zero attached hydrogens (tertiary/aromatic N) is 4. The van der Waals surface area contributed by atoms with E-state index < -0.39 is 18.8 Å². The number of pyridine rings is 1. The van der Waals surface area contributed by atoms with Crippen LogP contribution < -0.4 is 21.6 Å². The Balaban J connectivity index is 1.42. The van der Waals surface area contributed by atoms with Gasteiger partial charge in [-0.15, -0.1) is 11.3 Å². The first kappa shape index (κ1) is 24.6. The van der Waals surface area contributed by atoms with Gasteiger partial charge in [-0.25, -0.2) is 25.6 Å². The monoisotopic (exact) mass is 505 g/mol. The van der Waals surface area contributed by atoms with E-state index in [-0.39, 0.29) is 5.69 Å². The lowest BCUT2D eigenvalue weighted by Gasteiger charge is -2.18. The van der Waals surface area contributed by atoms with Crippen molar-refractivity contribution >= 4 is 28.7 Å². The number of imidazole rings is 1. The third-order valence-corrected chi connectivity index (χ3v) is 5.74. The molecule has 4 rings (SSSR count). The molecule has 3 heterocycles. The molecule has 1 aromatic carbocycles. The lowest BCUT2D eigenvalue weighted by molar-refractivity contribution is -0.122. The summed E-state index contributed by atoms with van der Waals surface area (Å²) in [5, 5.41) is 5.31. The van der Waals surface area contributed by atoms with E-state index in [0.29, 0.717) is 29.4 Å². The molecule has 0 fully saturated rings. The number of amides is 2. The Labute approximate surface area is 202 Å². The number of benzene rings is 1. The van der Waals surface area contributed by atoms with Gasteiger partial charge in [-0.1, -0.05) is 12.1 Å². The van der Waals surface area contributed by atoms with Crippen molar-refractivity contribution in [3.63, 3.8) is 0 Å². The molecule has 0 bridgehead atoms. The predicted octanol–water partition coefficient (Wildman–Crippen LogP) is 3.94. The normalized spacial score (nSPS) is 11.7. The highest BCUT2D eigenvalue weighted by Gasteiger charge is 2.28.